The number of halogens is 1. The normalized spacial score (nSPS) is 34.8. The molecule has 3 rings (SSSR count). The van der Waals surface area contributed by atoms with E-state index >= 15 is 0 Å². The van der Waals surface area contributed by atoms with Gasteiger partial charge in [0.1, 0.15) is 0 Å². The first-order valence-electron chi connectivity index (χ1n) is 7.48. The lowest BCUT2D eigenvalue weighted by molar-refractivity contribution is 0.232. The SMILES string of the molecule is NC1CCC(NC2CC(c3cccc(Br)c3)C2)CC1. The predicted octanol–water partition coefficient (Wildman–Crippen LogP) is 3.55. The Morgan fingerprint density at radius 3 is 2.47 bits per heavy atom. The molecule has 104 valence electrons. The second-order valence-electron chi connectivity index (χ2n) is 6.20. The highest BCUT2D eigenvalue weighted by molar-refractivity contribution is 9.10. The highest BCUT2D eigenvalue weighted by atomic mass is 79.9. The fourth-order valence-corrected chi connectivity index (χ4v) is 3.82. The molecule has 3 heteroatoms. The molecule has 2 fully saturated rings. The van der Waals surface area contributed by atoms with Crippen molar-refractivity contribution in [2.75, 3.05) is 0 Å². The van der Waals surface area contributed by atoms with Crippen molar-refractivity contribution in [3.8, 4) is 0 Å². The molecule has 1 aromatic rings. The average Bonchev–Trinajstić information content (AvgIpc) is 2.35. The second-order valence-corrected chi connectivity index (χ2v) is 7.11. The fraction of sp³-hybridized carbons (Fsp3) is 0.625. The van der Waals surface area contributed by atoms with Gasteiger partial charge < -0.3 is 11.1 Å². The van der Waals surface area contributed by atoms with E-state index in [1.165, 1.54) is 48.6 Å². The molecule has 2 nitrogen and oxygen atoms in total. The third-order valence-electron chi connectivity index (χ3n) is 4.70. The zero-order valence-corrected chi connectivity index (χ0v) is 12.9. The van der Waals surface area contributed by atoms with Gasteiger partial charge in [-0.2, -0.15) is 0 Å². The van der Waals surface area contributed by atoms with Crippen molar-refractivity contribution in [2.24, 2.45) is 5.73 Å². The largest absolute Gasteiger partial charge is 0.328 e. The molecule has 0 aliphatic heterocycles. The Kier molecular flexibility index (Phi) is 4.25. The number of nitrogens with one attached hydrogen (secondary N) is 1. The lowest BCUT2D eigenvalue weighted by Gasteiger charge is -2.40. The van der Waals surface area contributed by atoms with E-state index in [4.69, 9.17) is 5.73 Å². The molecule has 0 heterocycles. The third-order valence-corrected chi connectivity index (χ3v) is 5.19. The summed E-state index contributed by atoms with van der Waals surface area (Å²) in [4.78, 5) is 0. The van der Waals surface area contributed by atoms with Gasteiger partial charge in [0, 0.05) is 22.6 Å². The highest BCUT2D eigenvalue weighted by Gasteiger charge is 2.32. The molecule has 0 aromatic heterocycles. The standard InChI is InChI=1S/C16H23BrN2/c17-13-3-1-2-11(8-13)12-9-16(10-12)19-15-6-4-14(18)5-7-15/h1-3,8,12,14-16,19H,4-7,9-10,18H2. The molecule has 2 saturated carbocycles. The monoisotopic (exact) mass is 322 g/mol. The minimum absolute atomic E-state index is 0.453. The van der Waals surface area contributed by atoms with Gasteiger partial charge in [-0.05, 0) is 62.1 Å². The molecule has 0 bridgehead atoms. The Morgan fingerprint density at radius 2 is 1.79 bits per heavy atom. The molecular weight excluding hydrogens is 300 g/mol. The quantitative estimate of drug-likeness (QED) is 0.893. The molecule has 1 aromatic carbocycles. The summed E-state index contributed by atoms with van der Waals surface area (Å²) in [5, 5.41) is 3.82. The van der Waals surface area contributed by atoms with Gasteiger partial charge >= 0.3 is 0 Å². The van der Waals surface area contributed by atoms with Crippen molar-refractivity contribution >= 4 is 15.9 Å². The number of nitrogens with two attached hydrogens (primary N) is 1. The molecular formula is C16H23BrN2. The van der Waals surface area contributed by atoms with Crippen molar-refractivity contribution in [1.29, 1.82) is 0 Å². The number of hydrogen-bond donors (Lipinski definition) is 2. The Hall–Kier alpha value is -0.380. The van der Waals surface area contributed by atoms with Gasteiger partial charge in [0.25, 0.3) is 0 Å². The van der Waals surface area contributed by atoms with E-state index in [-0.39, 0.29) is 0 Å². The molecule has 0 atom stereocenters. The minimum Gasteiger partial charge on any atom is -0.328 e. The maximum absolute atomic E-state index is 5.95. The molecule has 2 aliphatic rings. The maximum Gasteiger partial charge on any atom is 0.0178 e. The van der Waals surface area contributed by atoms with E-state index in [9.17, 15) is 0 Å². The van der Waals surface area contributed by atoms with Gasteiger partial charge in [-0.1, -0.05) is 28.1 Å². The van der Waals surface area contributed by atoms with Crippen LogP contribution in [-0.4, -0.2) is 18.1 Å². The molecule has 2 aliphatic carbocycles. The zero-order chi connectivity index (χ0) is 13.2. The summed E-state index contributed by atoms with van der Waals surface area (Å²) in [6, 6.07) is 10.7. The molecule has 19 heavy (non-hydrogen) atoms. The summed E-state index contributed by atoms with van der Waals surface area (Å²) in [6.45, 7) is 0. The average molecular weight is 323 g/mol. The smallest absolute Gasteiger partial charge is 0.0178 e. The summed E-state index contributed by atoms with van der Waals surface area (Å²) in [7, 11) is 0. The summed E-state index contributed by atoms with van der Waals surface area (Å²) in [6.07, 6.45) is 7.50. The summed E-state index contributed by atoms with van der Waals surface area (Å²) >= 11 is 3.56. The maximum atomic E-state index is 5.95. The van der Waals surface area contributed by atoms with E-state index < -0.39 is 0 Å². The third kappa shape index (κ3) is 3.39. The van der Waals surface area contributed by atoms with Crippen LogP contribution in [0.15, 0.2) is 28.7 Å². The van der Waals surface area contributed by atoms with E-state index in [0.717, 1.165) is 12.0 Å². The van der Waals surface area contributed by atoms with Crippen molar-refractivity contribution in [3.63, 3.8) is 0 Å². The van der Waals surface area contributed by atoms with Crippen LogP contribution in [0.2, 0.25) is 0 Å². The van der Waals surface area contributed by atoms with Gasteiger partial charge in [0.2, 0.25) is 0 Å². The lowest BCUT2D eigenvalue weighted by Crippen LogP contribution is -2.47. The van der Waals surface area contributed by atoms with Crippen LogP contribution in [-0.2, 0) is 0 Å². The number of benzene rings is 1. The van der Waals surface area contributed by atoms with Crippen molar-refractivity contribution in [2.45, 2.75) is 62.6 Å². The Labute approximate surface area is 124 Å². The van der Waals surface area contributed by atoms with Crippen LogP contribution in [0.5, 0.6) is 0 Å². The van der Waals surface area contributed by atoms with Gasteiger partial charge in [0.05, 0.1) is 0 Å². The number of hydrogen-bond acceptors (Lipinski definition) is 2. The Balaban J connectivity index is 1.45. The summed E-state index contributed by atoms with van der Waals surface area (Å²) in [5.74, 6) is 0.751. The first kappa shape index (κ1) is 13.6. The van der Waals surface area contributed by atoms with Gasteiger partial charge in [-0.3, -0.25) is 0 Å². The Morgan fingerprint density at radius 1 is 1.05 bits per heavy atom. The van der Waals surface area contributed by atoms with E-state index in [0.29, 0.717) is 12.1 Å². The molecule has 0 amide bonds. The van der Waals surface area contributed by atoms with Crippen LogP contribution in [0, 0.1) is 0 Å². The molecule has 0 radical (unpaired) electrons. The van der Waals surface area contributed by atoms with Crippen molar-refractivity contribution < 1.29 is 0 Å². The van der Waals surface area contributed by atoms with Crippen LogP contribution < -0.4 is 11.1 Å². The lowest BCUT2D eigenvalue weighted by atomic mass is 9.75. The van der Waals surface area contributed by atoms with E-state index in [2.05, 4.69) is 45.5 Å². The van der Waals surface area contributed by atoms with Crippen molar-refractivity contribution in [1.82, 2.24) is 5.32 Å². The van der Waals surface area contributed by atoms with Crippen LogP contribution >= 0.6 is 15.9 Å². The first-order chi connectivity index (χ1) is 9.20. The topological polar surface area (TPSA) is 38.0 Å². The van der Waals surface area contributed by atoms with Crippen molar-refractivity contribution in [3.05, 3.63) is 34.3 Å². The van der Waals surface area contributed by atoms with Crippen LogP contribution in [0.4, 0.5) is 0 Å². The molecule has 0 spiro atoms. The predicted molar refractivity (Wildman–Crippen MR) is 83.3 cm³/mol. The summed E-state index contributed by atoms with van der Waals surface area (Å²) in [5.41, 5.74) is 7.44. The summed E-state index contributed by atoms with van der Waals surface area (Å²) < 4.78 is 1.20. The van der Waals surface area contributed by atoms with Gasteiger partial charge in [-0.15, -0.1) is 0 Å². The van der Waals surface area contributed by atoms with Crippen LogP contribution in [0.1, 0.15) is 50.0 Å². The van der Waals surface area contributed by atoms with E-state index in [1.807, 2.05) is 0 Å². The van der Waals surface area contributed by atoms with Crippen LogP contribution in [0.3, 0.4) is 0 Å². The van der Waals surface area contributed by atoms with E-state index in [1.54, 1.807) is 0 Å². The molecule has 0 saturated heterocycles. The zero-order valence-electron chi connectivity index (χ0n) is 11.3. The minimum atomic E-state index is 0.453. The van der Waals surface area contributed by atoms with Gasteiger partial charge in [0.15, 0.2) is 0 Å². The highest BCUT2D eigenvalue weighted by Crippen LogP contribution is 2.38. The first-order valence-corrected chi connectivity index (χ1v) is 8.27. The number of rotatable bonds is 3. The molecule has 3 N–H and O–H groups in total. The second kappa shape index (κ2) is 5.94. The Bertz CT molecular complexity index is 421. The van der Waals surface area contributed by atoms with Crippen LogP contribution in [0.25, 0.3) is 0 Å². The van der Waals surface area contributed by atoms with Gasteiger partial charge in [-0.25, -0.2) is 0 Å². The fourth-order valence-electron chi connectivity index (χ4n) is 3.41. The molecule has 0 unspecified atom stereocenters.